The third-order valence-corrected chi connectivity index (χ3v) is 5.45. The molecule has 2 aromatic carbocycles. The van der Waals surface area contributed by atoms with E-state index in [1.165, 1.54) is 6.07 Å². The van der Waals surface area contributed by atoms with E-state index < -0.39 is 0 Å². The minimum atomic E-state index is -0.258. The lowest BCUT2D eigenvalue weighted by Gasteiger charge is -2.35. The zero-order chi connectivity index (χ0) is 21.1. The Balaban J connectivity index is 1.43. The van der Waals surface area contributed by atoms with Crippen LogP contribution in [0.4, 0.5) is 4.39 Å². The van der Waals surface area contributed by atoms with Crippen molar-refractivity contribution in [3.05, 3.63) is 65.6 Å². The predicted octanol–water partition coefficient (Wildman–Crippen LogP) is 3.35. The molecule has 0 spiro atoms. The number of hydrogen-bond donors (Lipinski definition) is 0. The summed E-state index contributed by atoms with van der Waals surface area (Å²) in [6, 6.07) is 12.0. The van der Waals surface area contributed by atoms with Crippen molar-refractivity contribution in [1.29, 1.82) is 0 Å². The molecule has 1 aromatic heterocycles. The molecule has 0 saturated carbocycles. The minimum absolute atomic E-state index is 0.0410. The minimum Gasteiger partial charge on any atom is -0.497 e. The van der Waals surface area contributed by atoms with Gasteiger partial charge in [-0.3, -0.25) is 14.7 Å². The van der Waals surface area contributed by atoms with Crippen molar-refractivity contribution in [2.75, 3.05) is 40.4 Å². The van der Waals surface area contributed by atoms with E-state index in [0.717, 1.165) is 18.7 Å². The van der Waals surface area contributed by atoms with Crippen LogP contribution in [0.3, 0.4) is 0 Å². The summed E-state index contributed by atoms with van der Waals surface area (Å²) in [4.78, 5) is 21.4. The van der Waals surface area contributed by atoms with Gasteiger partial charge in [-0.2, -0.15) is 0 Å². The number of halogens is 1. The van der Waals surface area contributed by atoms with Crippen LogP contribution in [-0.4, -0.2) is 61.1 Å². The zero-order valence-electron chi connectivity index (χ0n) is 17.1. The average molecular weight is 409 g/mol. The lowest BCUT2D eigenvalue weighted by molar-refractivity contribution is 0.0628. The van der Waals surface area contributed by atoms with Crippen LogP contribution in [0.5, 0.6) is 11.5 Å². The monoisotopic (exact) mass is 409 g/mol. The number of carbonyl (C=O) groups excluding carboxylic acids is 1. The highest BCUT2D eigenvalue weighted by atomic mass is 19.1. The van der Waals surface area contributed by atoms with Crippen LogP contribution in [0, 0.1) is 5.82 Å². The van der Waals surface area contributed by atoms with Gasteiger partial charge in [-0.25, -0.2) is 4.39 Å². The molecule has 0 bridgehead atoms. The highest BCUT2D eigenvalue weighted by Crippen LogP contribution is 2.25. The third-order valence-electron chi connectivity index (χ3n) is 5.45. The maximum absolute atomic E-state index is 14.0. The first kappa shape index (κ1) is 20.1. The summed E-state index contributed by atoms with van der Waals surface area (Å²) in [5, 5.41) is 0.538. The summed E-state index contributed by atoms with van der Waals surface area (Å²) in [5.74, 6) is 0.880. The van der Waals surface area contributed by atoms with E-state index in [2.05, 4.69) is 9.88 Å². The maximum Gasteiger partial charge on any atom is 0.254 e. The number of carbonyl (C=O) groups is 1. The number of pyridine rings is 1. The van der Waals surface area contributed by atoms with E-state index in [0.29, 0.717) is 47.6 Å². The number of piperazine rings is 1. The second-order valence-corrected chi connectivity index (χ2v) is 7.28. The maximum atomic E-state index is 14.0. The van der Waals surface area contributed by atoms with E-state index in [1.54, 1.807) is 56.8 Å². The van der Waals surface area contributed by atoms with Crippen LogP contribution in [0.2, 0.25) is 0 Å². The van der Waals surface area contributed by atoms with Gasteiger partial charge >= 0.3 is 0 Å². The van der Waals surface area contributed by atoms with Crippen LogP contribution in [0.15, 0.2) is 48.7 Å². The topological polar surface area (TPSA) is 54.9 Å². The number of nitrogens with zero attached hydrogens (tertiary/aromatic N) is 3. The molecule has 4 rings (SSSR count). The highest BCUT2D eigenvalue weighted by Gasteiger charge is 2.23. The first-order chi connectivity index (χ1) is 14.6. The molecule has 0 atom stereocenters. The Morgan fingerprint density at radius 2 is 1.73 bits per heavy atom. The molecule has 1 saturated heterocycles. The van der Waals surface area contributed by atoms with Gasteiger partial charge in [0.15, 0.2) is 0 Å². The molecule has 0 N–H and O–H groups in total. The number of ether oxygens (including phenoxy) is 2. The van der Waals surface area contributed by atoms with Crippen molar-refractivity contribution in [2.24, 2.45) is 0 Å². The van der Waals surface area contributed by atoms with Crippen LogP contribution in [-0.2, 0) is 6.54 Å². The number of amides is 1. The zero-order valence-corrected chi connectivity index (χ0v) is 17.1. The second kappa shape index (κ2) is 8.67. The van der Waals surface area contributed by atoms with E-state index in [-0.39, 0.29) is 11.7 Å². The normalized spacial score (nSPS) is 14.7. The van der Waals surface area contributed by atoms with Crippen molar-refractivity contribution in [3.63, 3.8) is 0 Å². The largest absolute Gasteiger partial charge is 0.497 e. The van der Waals surface area contributed by atoms with Gasteiger partial charge in [-0.05, 0) is 35.9 Å². The molecule has 1 fully saturated rings. The molecule has 1 amide bonds. The van der Waals surface area contributed by atoms with E-state index >= 15 is 0 Å². The number of rotatable bonds is 5. The second-order valence-electron chi connectivity index (χ2n) is 7.28. The molecule has 2 heterocycles. The van der Waals surface area contributed by atoms with Crippen LogP contribution in [0.1, 0.15) is 15.9 Å². The molecule has 0 aliphatic carbocycles. The molecule has 7 heteroatoms. The fraction of sp³-hybridized carbons (Fsp3) is 0.304. The molecule has 0 radical (unpaired) electrons. The highest BCUT2D eigenvalue weighted by molar-refractivity contribution is 5.95. The van der Waals surface area contributed by atoms with Gasteiger partial charge in [0.05, 0.1) is 19.7 Å². The molecule has 30 heavy (non-hydrogen) atoms. The van der Waals surface area contributed by atoms with Crippen molar-refractivity contribution < 1.29 is 18.7 Å². The fourth-order valence-electron chi connectivity index (χ4n) is 3.79. The molecule has 6 nitrogen and oxygen atoms in total. The standard InChI is InChI=1S/C23H24FN3O3/c1-29-18-12-17(13-19(14-18)30-2)23(28)27-10-8-26(9-11-27)15-16-5-6-21(24)20-4-3-7-25-22(16)20/h3-7,12-14H,8-11,15H2,1-2H3. The fourth-order valence-corrected chi connectivity index (χ4v) is 3.79. The van der Waals surface area contributed by atoms with Crippen molar-refractivity contribution in [3.8, 4) is 11.5 Å². The van der Waals surface area contributed by atoms with Crippen molar-refractivity contribution in [2.45, 2.75) is 6.54 Å². The van der Waals surface area contributed by atoms with Gasteiger partial charge in [0, 0.05) is 55.9 Å². The summed E-state index contributed by atoms with van der Waals surface area (Å²) in [7, 11) is 3.13. The Kier molecular flexibility index (Phi) is 5.81. The molecule has 1 aliphatic rings. The van der Waals surface area contributed by atoms with Crippen molar-refractivity contribution >= 4 is 16.8 Å². The van der Waals surface area contributed by atoms with Gasteiger partial charge in [0.25, 0.3) is 5.91 Å². The SMILES string of the molecule is COc1cc(OC)cc(C(=O)N2CCN(Cc3ccc(F)c4cccnc34)CC2)c1. The van der Waals surface area contributed by atoms with Gasteiger partial charge < -0.3 is 14.4 Å². The molecule has 0 unspecified atom stereocenters. The number of methoxy groups -OCH3 is 2. The van der Waals surface area contributed by atoms with E-state index in [9.17, 15) is 9.18 Å². The lowest BCUT2D eigenvalue weighted by atomic mass is 10.1. The van der Waals surface area contributed by atoms with E-state index in [1.807, 2.05) is 4.90 Å². The molecule has 1 aliphatic heterocycles. The van der Waals surface area contributed by atoms with E-state index in [4.69, 9.17) is 9.47 Å². The molecule has 3 aromatic rings. The first-order valence-electron chi connectivity index (χ1n) is 9.86. The lowest BCUT2D eigenvalue weighted by Crippen LogP contribution is -2.48. The summed E-state index contributed by atoms with van der Waals surface area (Å²) in [5.41, 5.74) is 2.23. The van der Waals surface area contributed by atoms with Crippen LogP contribution < -0.4 is 9.47 Å². The summed E-state index contributed by atoms with van der Waals surface area (Å²) >= 11 is 0. The quantitative estimate of drug-likeness (QED) is 0.647. The van der Waals surface area contributed by atoms with Gasteiger partial charge in [0.1, 0.15) is 17.3 Å². The summed E-state index contributed by atoms with van der Waals surface area (Å²) in [6.07, 6.45) is 1.68. The molecule has 156 valence electrons. The number of fused-ring (bicyclic) bond motifs is 1. The predicted molar refractivity (Wildman–Crippen MR) is 112 cm³/mol. The number of hydrogen-bond acceptors (Lipinski definition) is 5. The average Bonchev–Trinajstić information content (AvgIpc) is 2.80. The Morgan fingerprint density at radius 1 is 1.03 bits per heavy atom. The van der Waals surface area contributed by atoms with Gasteiger partial charge in [0.2, 0.25) is 0 Å². The number of aromatic nitrogens is 1. The van der Waals surface area contributed by atoms with Crippen LogP contribution >= 0.6 is 0 Å². The third kappa shape index (κ3) is 4.07. The summed E-state index contributed by atoms with van der Waals surface area (Å²) in [6.45, 7) is 3.37. The Morgan fingerprint density at radius 3 is 2.40 bits per heavy atom. The van der Waals surface area contributed by atoms with Crippen molar-refractivity contribution in [1.82, 2.24) is 14.8 Å². The van der Waals surface area contributed by atoms with Crippen LogP contribution in [0.25, 0.3) is 10.9 Å². The van der Waals surface area contributed by atoms with Gasteiger partial charge in [-0.1, -0.05) is 6.07 Å². The smallest absolute Gasteiger partial charge is 0.254 e. The Bertz CT molecular complexity index is 1040. The first-order valence-corrected chi connectivity index (χ1v) is 9.86. The Hall–Kier alpha value is -3.19. The molecular formula is C23H24FN3O3. The Labute approximate surface area is 174 Å². The number of benzene rings is 2. The van der Waals surface area contributed by atoms with Gasteiger partial charge in [-0.15, -0.1) is 0 Å². The molecular weight excluding hydrogens is 385 g/mol. The summed E-state index contributed by atoms with van der Waals surface area (Å²) < 4.78 is 24.6.